The number of hydrogen-bond acceptors (Lipinski definition) is 13. The Balaban J connectivity index is 1.56. The summed E-state index contributed by atoms with van der Waals surface area (Å²) in [4.78, 5) is 39.5. The highest BCUT2D eigenvalue weighted by atomic mass is 32.2. The maximum Gasteiger partial charge on any atom is 0.430 e. The lowest BCUT2D eigenvalue weighted by Gasteiger charge is -2.43. The van der Waals surface area contributed by atoms with Crippen LogP contribution in [0.1, 0.15) is 20.7 Å². The van der Waals surface area contributed by atoms with Gasteiger partial charge in [0, 0.05) is 7.11 Å². The Kier molecular flexibility index (Phi) is 11.2. The van der Waals surface area contributed by atoms with Gasteiger partial charge in [-0.1, -0.05) is 72.8 Å². The standard InChI is InChI=1S/C34H30O13S2/c1-42-33-30(46-32(36)24-16-8-3-9-17-24)29(45-31(35)23-14-6-2-7-15-23)28(47-34(37)48(38,39)25-18-10-4-11-19-25)27(44-33)22-43-49(40,41)26-20-12-5-13-21-26/h2-21,27-30,33H,22H2,1H3/t27-,28-,29+,30-,33-/m0/s1. The number of sulfone groups is 1. The second-order valence-corrected chi connectivity index (χ2v) is 13.9. The molecule has 13 nitrogen and oxygen atoms in total. The van der Waals surface area contributed by atoms with Gasteiger partial charge in [-0.2, -0.15) is 8.42 Å². The molecule has 0 radical (unpaired) electrons. The minimum absolute atomic E-state index is 0.0394. The van der Waals surface area contributed by atoms with E-state index >= 15 is 0 Å². The van der Waals surface area contributed by atoms with Gasteiger partial charge in [-0.05, 0) is 48.5 Å². The van der Waals surface area contributed by atoms with E-state index in [1.807, 2.05) is 0 Å². The highest BCUT2D eigenvalue weighted by Crippen LogP contribution is 2.32. The average molecular weight is 711 g/mol. The van der Waals surface area contributed by atoms with E-state index in [2.05, 4.69) is 0 Å². The molecule has 0 unspecified atom stereocenters. The van der Waals surface area contributed by atoms with Gasteiger partial charge >= 0.3 is 17.2 Å². The monoisotopic (exact) mass is 710 g/mol. The largest absolute Gasteiger partial charge is 0.450 e. The first-order chi connectivity index (χ1) is 23.5. The number of benzene rings is 4. The first kappa shape index (κ1) is 35.4. The van der Waals surface area contributed by atoms with Crippen molar-refractivity contribution in [1.29, 1.82) is 0 Å². The SMILES string of the molecule is CO[C@H]1O[C@@H](COS(=O)(=O)c2ccccc2)[C@H](OC(=O)S(=O)(=O)c2ccccc2)[C@@H](OC(=O)c2ccccc2)[C@@H]1OC(=O)c1ccccc1. The van der Waals surface area contributed by atoms with Crippen LogP contribution in [0.2, 0.25) is 0 Å². The van der Waals surface area contributed by atoms with E-state index in [0.717, 1.165) is 0 Å². The Morgan fingerprint density at radius 1 is 0.592 bits per heavy atom. The van der Waals surface area contributed by atoms with Crippen LogP contribution < -0.4 is 0 Å². The molecule has 5 atom stereocenters. The van der Waals surface area contributed by atoms with Gasteiger partial charge in [0.2, 0.25) is 0 Å². The zero-order valence-electron chi connectivity index (χ0n) is 25.8. The second kappa shape index (κ2) is 15.5. The third-order valence-electron chi connectivity index (χ3n) is 7.25. The molecule has 15 heteroatoms. The molecule has 5 rings (SSSR count). The molecule has 0 aromatic heterocycles. The van der Waals surface area contributed by atoms with Gasteiger partial charge in [0.05, 0.1) is 27.5 Å². The van der Waals surface area contributed by atoms with Crippen LogP contribution in [-0.4, -0.2) is 78.5 Å². The maximum atomic E-state index is 13.4. The van der Waals surface area contributed by atoms with Crippen molar-refractivity contribution in [2.45, 2.75) is 40.5 Å². The van der Waals surface area contributed by atoms with E-state index < -0.39 is 79.4 Å². The zero-order valence-corrected chi connectivity index (χ0v) is 27.4. The highest BCUT2D eigenvalue weighted by Gasteiger charge is 2.54. The summed E-state index contributed by atoms with van der Waals surface area (Å²) < 4.78 is 86.2. The normalized spacial score (nSPS) is 20.9. The van der Waals surface area contributed by atoms with Crippen molar-refractivity contribution in [3.8, 4) is 0 Å². The lowest BCUT2D eigenvalue weighted by molar-refractivity contribution is -0.289. The summed E-state index contributed by atoms with van der Waals surface area (Å²) in [6, 6.07) is 29.1. The first-order valence-electron chi connectivity index (χ1n) is 14.7. The smallest absolute Gasteiger partial charge is 0.430 e. The Morgan fingerprint density at radius 2 is 1.04 bits per heavy atom. The van der Waals surface area contributed by atoms with Crippen LogP contribution in [0.5, 0.6) is 0 Å². The molecule has 0 spiro atoms. The number of rotatable bonds is 11. The second-order valence-electron chi connectivity index (χ2n) is 10.5. The predicted molar refractivity (Wildman–Crippen MR) is 170 cm³/mol. The lowest BCUT2D eigenvalue weighted by atomic mass is 9.98. The molecule has 49 heavy (non-hydrogen) atoms. The van der Waals surface area contributed by atoms with Crippen LogP contribution in [-0.2, 0) is 47.8 Å². The maximum absolute atomic E-state index is 13.4. The first-order valence-corrected chi connectivity index (χ1v) is 17.6. The van der Waals surface area contributed by atoms with Crippen molar-refractivity contribution < 1.29 is 59.1 Å². The number of carbonyl (C=O) groups excluding carboxylic acids is 3. The van der Waals surface area contributed by atoms with E-state index in [1.54, 1.807) is 42.5 Å². The van der Waals surface area contributed by atoms with E-state index in [9.17, 15) is 31.2 Å². The summed E-state index contributed by atoms with van der Waals surface area (Å²) in [7, 11) is -8.07. The summed E-state index contributed by atoms with van der Waals surface area (Å²) in [5, 5.41) is -1.78. The molecule has 256 valence electrons. The molecular formula is C34H30O13S2. The van der Waals surface area contributed by atoms with Gasteiger partial charge in [0.15, 0.2) is 24.6 Å². The van der Waals surface area contributed by atoms with E-state index in [-0.39, 0.29) is 16.0 Å². The number of esters is 2. The van der Waals surface area contributed by atoms with Crippen molar-refractivity contribution in [3.05, 3.63) is 132 Å². The Hall–Kier alpha value is -4.93. The summed E-state index contributed by atoms with van der Waals surface area (Å²) in [5.41, 5.74) is 0.127. The molecule has 4 aromatic rings. The van der Waals surface area contributed by atoms with Gasteiger partial charge in [0.1, 0.15) is 6.10 Å². The molecule has 0 amide bonds. The molecule has 1 aliphatic heterocycles. The molecule has 1 saturated heterocycles. The summed E-state index contributed by atoms with van der Waals surface area (Å²) >= 11 is 0. The third-order valence-corrected chi connectivity index (χ3v) is 9.98. The molecular weight excluding hydrogens is 680 g/mol. The number of hydrogen-bond donors (Lipinski definition) is 0. The Bertz CT molecular complexity index is 1960. The van der Waals surface area contributed by atoms with Crippen LogP contribution in [0.25, 0.3) is 0 Å². The fourth-order valence-corrected chi connectivity index (χ4v) is 6.70. The van der Waals surface area contributed by atoms with Crippen LogP contribution >= 0.6 is 0 Å². The minimum Gasteiger partial charge on any atom is -0.450 e. The van der Waals surface area contributed by atoms with Crippen LogP contribution in [0, 0.1) is 0 Å². The van der Waals surface area contributed by atoms with Crippen molar-refractivity contribution in [1.82, 2.24) is 0 Å². The van der Waals surface area contributed by atoms with Gasteiger partial charge in [0.25, 0.3) is 20.0 Å². The van der Waals surface area contributed by atoms with Gasteiger partial charge in [-0.3, -0.25) is 4.18 Å². The van der Waals surface area contributed by atoms with Crippen LogP contribution in [0.4, 0.5) is 4.79 Å². The van der Waals surface area contributed by atoms with Crippen LogP contribution in [0.15, 0.2) is 131 Å². The number of carbonyl (C=O) groups is 3. The van der Waals surface area contributed by atoms with Crippen molar-refractivity contribution in [3.63, 3.8) is 0 Å². The Morgan fingerprint density at radius 3 is 1.53 bits per heavy atom. The van der Waals surface area contributed by atoms with E-state index in [0.29, 0.717) is 0 Å². The fourth-order valence-electron chi connectivity index (χ4n) is 4.82. The summed E-state index contributed by atoms with van der Waals surface area (Å²) in [6.07, 6.45) is -8.63. The molecule has 1 aliphatic rings. The molecule has 1 heterocycles. The van der Waals surface area contributed by atoms with Gasteiger partial charge < -0.3 is 23.7 Å². The zero-order chi connectivity index (χ0) is 35.0. The summed E-state index contributed by atoms with van der Waals surface area (Å²) in [6.45, 7) is -0.876. The molecule has 0 bridgehead atoms. The van der Waals surface area contributed by atoms with Gasteiger partial charge in [-0.25, -0.2) is 22.8 Å². The van der Waals surface area contributed by atoms with Gasteiger partial charge in [-0.15, -0.1) is 0 Å². The molecule has 1 fully saturated rings. The lowest BCUT2D eigenvalue weighted by Crippen LogP contribution is -2.63. The number of methoxy groups -OCH3 is 1. The Labute approximate surface area is 282 Å². The van der Waals surface area contributed by atoms with Crippen molar-refractivity contribution in [2.75, 3.05) is 13.7 Å². The number of ether oxygens (including phenoxy) is 5. The molecule has 0 aliphatic carbocycles. The quantitative estimate of drug-likeness (QED) is 0.123. The van der Waals surface area contributed by atoms with Crippen molar-refractivity contribution >= 4 is 37.2 Å². The minimum atomic E-state index is -4.81. The topological polar surface area (TPSA) is 175 Å². The van der Waals surface area contributed by atoms with Crippen molar-refractivity contribution in [2.24, 2.45) is 0 Å². The van der Waals surface area contributed by atoms with Crippen LogP contribution in [0.3, 0.4) is 0 Å². The summed E-state index contributed by atoms with van der Waals surface area (Å²) in [5.74, 6) is -1.90. The highest BCUT2D eigenvalue weighted by molar-refractivity contribution is 8.05. The predicted octanol–water partition coefficient (Wildman–Crippen LogP) is 4.19. The molecule has 4 aromatic carbocycles. The third kappa shape index (κ3) is 8.39. The average Bonchev–Trinajstić information content (AvgIpc) is 3.13. The van der Waals surface area contributed by atoms with E-state index in [4.69, 9.17) is 27.9 Å². The molecule has 0 saturated carbocycles. The molecule has 0 N–H and O–H groups in total. The fraction of sp³-hybridized carbons (Fsp3) is 0.206. The van der Waals surface area contributed by atoms with E-state index in [1.165, 1.54) is 86.0 Å².